The number of hydrogen-bond acceptors (Lipinski definition) is 3. The standard InChI is InChI=1S/C18H31N5.HI/c1-4-10-20-18(19-5-2)22-14-16-6-7-17(21-13-16)23-11-8-15(3)9-12-23;/h6-7,13,15H,4-5,8-12,14H2,1-3H3,(H2,19,20,22);1H. The van der Waals surface area contributed by atoms with E-state index in [1.54, 1.807) is 0 Å². The molecule has 1 aromatic rings. The van der Waals surface area contributed by atoms with Gasteiger partial charge in [0, 0.05) is 32.4 Å². The maximum absolute atomic E-state index is 4.63. The quantitative estimate of drug-likeness (QED) is 0.401. The van der Waals surface area contributed by atoms with Crippen molar-refractivity contribution in [3.8, 4) is 0 Å². The minimum atomic E-state index is 0. The number of nitrogens with one attached hydrogen (secondary N) is 2. The van der Waals surface area contributed by atoms with Crippen LogP contribution in [-0.4, -0.2) is 37.1 Å². The Labute approximate surface area is 163 Å². The minimum Gasteiger partial charge on any atom is -0.357 e. The maximum Gasteiger partial charge on any atom is 0.191 e. The van der Waals surface area contributed by atoms with Gasteiger partial charge < -0.3 is 15.5 Å². The second-order valence-electron chi connectivity index (χ2n) is 6.32. The first-order valence-electron chi connectivity index (χ1n) is 8.95. The van der Waals surface area contributed by atoms with Gasteiger partial charge in [0.25, 0.3) is 0 Å². The van der Waals surface area contributed by atoms with Crippen LogP contribution >= 0.6 is 24.0 Å². The molecule has 1 aromatic heterocycles. The number of nitrogens with zero attached hydrogens (tertiary/aromatic N) is 3. The number of aliphatic imine (C=N–C) groups is 1. The number of pyridine rings is 1. The maximum atomic E-state index is 4.63. The zero-order valence-corrected chi connectivity index (χ0v) is 17.5. The number of rotatable bonds is 6. The second-order valence-corrected chi connectivity index (χ2v) is 6.32. The van der Waals surface area contributed by atoms with E-state index >= 15 is 0 Å². The Morgan fingerprint density at radius 3 is 2.58 bits per heavy atom. The number of piperidine rings is 1. The molecule has 0 spiro atoms. The molecular formula is C18H32IN5. The third kappa shape index (κ3) is 6.83. The highest BCUT2D eigenvalue weighted by Crippen LogP contribution is 2.21. The smallest absolute Gasteiger partial charge is 0.191 e. The van der Waals surface area contributed by atoms with Gasteiger partial charge in [0.15, 0.2) is 5.96 Å². The second kappa shape index (κ2) is 11.5. The zero-order chi connectivity index (χ0) is 16.5. The van der Waals surface area contributed by atoms with E-state index in [0.29, 0.717) is 6.54 Å². The highest BCUT2D eigenvalue weighted by molar-refractivity contribution is 14.0. The SMILES string of the molecule is CCCNC(=NCc1ccc(N2CCC(C)CC2)nc1)NCC.I. The molecule has 0 bridgehead atoms. The van der Waals surface area contributed by atoms with Crippen LogP contribution in [0.2, 0.25) is 0 Å². The lowest BCUT2D eigenvalue weighted by molar-refractivity contribution is 0.436. The Bertz CT molecular complexity index is 481. The highest BCUT2D eigenvalue weighted by atomic mass is 127. The van der Waals surface area contributed by atoms with Crippen molar-refractivity contribution in [3.63, 3.8) is 0 Å². The van der Waals surface area contributed by atoms with Gasteiger partial charge in [0.2, 0.25) is 0 Å². The van der Waals surface area contributed by atoms with E-state index in [2.05, 4.69) is 58.4 Å². The van der Waals surface area contributed by atoms with E-state index in [1.807, 2.05) is 6.20 Å². The van der Waals surface area contributed by atoms with Gasteiger partial charge in [-0.25, -0.2) is 9.98 Å². The molecule has 24 heavy (non-hydrogen) atoms. The van der Waals surface area contributed by atoms with Crippen LogP contribution in [-0.2, 0) is 6.54 Å². The average Bonchev–Trinajstić information content (AvgIpc) is 2.58. The van der Waals surface area contributed by atoms with E-state index < -0.39 is 0 Å². The summed E-state index contributed by atoms with van der Waals surface area (Å²) in [6.45, 7) is 11.3. The molecular weight excluding hydrogens is 413 g/mol. The lowest BCUT2D eigenvalue weighted by atomic mass is 9.99. The molecule has 0 aliphatic carbocycles. The third-order valence-corrected chi connectivity index (χ3v) is 4.22. The summed E-state index contributed by atoms with van der Waals surface area (Å²) in [6, 6.07) is 4.28. The Kier molecular flexibility index (Phi) is 10.1. The molecule has 6 heteroatoms. The highest BCUT2D eigenvalue weighted by Gasteiger charge is 2.16. The monoisotopic (exact) mass is 445 g/mol. The predicted octanol–water partition coefficient (Wildman–Crippen LogP) is 3.40. The van der Waals surface area contributed by atoms with Crippen molar-refractivity contribution in [2.45, 2.75) is 46.6 Å². The molecule has 0 aromatic carbocycles. The molecule has 0 radical (unpaired) electrons. The van der Waals surface area contributed by atoms with Crippen molar-refractivity contribution in [1.29, 1.82) is 0 Å². The van der Waals surface area contributed by atoms with Crippen LogP contribution in [0.25, 0.3) is 0 Å². The lowest BCUT2D eigenvalue weighted by Gasteiger charge is -2.31. The Morgan fingerprint density at radius 2 is 2.00 bits per heavy atom. The summed E-state index contributed by atoms with van der Waals surface area (Å²) in [5.74, 6) is 2.82. The van der Waals surface area contributed by atoms with Crippen molar-refractivity contribution in [2.24, 2.45) is 10.9 Å². The van der Waals surface area contributed by atoms with Gasteiger partial charge in [0.05, 0.1) is 6.54 Å². The molecule has 1 fully saturated rings. The van der Waals surface area contributed by atoms with Gasteiger partial charge in [-0.1, -0.05) is 19.9 Å². The van der Waals surface area contributed by atoms with Crippen LogP contribution in [0.3, 0.4) is 0 Å². The summed E-state index contributed by atoms with van der Waals surface area (Å²) in [5, 5.41) is 6.58. The van der Waals surface area contributed by atoms with E-state index in [1.165, 1.54) is 12.8 Å². The molecule has 5 nitrogen and oxygen atoms in total. The molecule has 2 rings (SSSR count). The van der Waals surface area contributed by atoms with Gasteiger partial charge in [-0.2, -0.15) is 0 Å². The van der Waals surface area contributed by atoms with E-state index in [9.17, 15) is 0 Å². The number of hydrogen-bond donors (Lipinski definition) is 2. The Balaban J connectivity index is 0.00000288. The fourth-order valence-corrected chi connectivity index (χ4v) is 2.69. The fourth-order valence-electron chi connectivity index (χ4n) is 2.69. The van der Waals surface area contributed by atoms with Crippen LogP contribution in [0.15, 0.2) is 23.3 Å². The average molecular weight is 445 g/mol. The van der Waals surface area contributed by atoms with Gasteiger partial charge in [-0.3, -0.25) is 0 Å². The molecule has 1 aliphatic heterocycles. The van der Waals surface area contributed by atoms with E-state index in [0.717, 1.165) is 55.9 Å². The Hall–Kier alpha value is -1.05. The molecule has 1 aliphatic rings. The van der Waals surface area contributed by atoms with Gasteiger partial charge in [0.1, 0.15) is 5.82 Å². The predicted molar refractivity (Wildman–Crippen MR) is 113 cm³/mol. The fraction of sp³-hybridized carbons (Fsp3) is 0.667. The molecule has 0 atom stereocenters. The minimum absolute atomic E-state index is 0. The van der Waals surface area contributed by atoms with Crippen LogP contribution in [0.5, 0.6) is 0 Å². The van der Waals surface area contributed by atoms with E-state index in [-0.39, 0.29) is 24.0 Å². The van der Waals surface area contributed by atoms with Crippen LogP contribution < -0.4 is 15.5 Å². The molecule has 1 saturated heterocycles. The van der Waals surface area contributed by atoms with Gasteiger partial charge in [-0.05, 0) is 43.7 Å². The van der Waals surface area contributed by atoms with Crippen molar-refractivity contribution >= 4 is 35.8 Å². The topological polar surface area (TPSA) is 52.6 Å². The van der Waals surface area contributed by atoms with Crippen molar-refractivity contribution in [1.82, 2.24) is 15.6 Å². The third-order valence-electron chi connectivity index (χ3n) is 4.22. The van der Waals surface area contributed by atoms with Gasteiger partial charge in [-0.15, -0.1) is 24.0 Å². The molecule has 0 amide bonds. The largest absolute Gasteiger partial charge is 0.357 e. The summed E-state index contributed by atoms with van der Waals surface area (Å²) >= 11 is 0. The first-order chi connectivity index (χ1) is 11.2. The van der Waals surface area contributed by atoms with Crippen LogP contribution in [0, 0.1) is 5.92 Å². The molecule has 0 saturated carbocycles. The van der Waals surface area contributed by atoms with Crippen molar-refractivity contribution < 1.29 is 0 Å². The van der Waals surface area contributed by atoms with Crippen LogP contribution in [0.4, 0.5) is 5.82 Å². The number of anilines is 1. The zero-order valence-electron chi connectivity index (χ0n) is 15.2. The molecule has 136 valence electrons. The molecule has 2 heterocycles. The van der Waals surface area contributed by atoms with E-state index in [4.69, 9.17) is 0 Å². The lowest BCUT2D eigenvalue weighted by Crippen LogP contribution is -2.37. The molecule has 2 N–H and O–H groups in total. The number of aromatic nitrogens is 1. The van der Waals surface area contributed by atoms with Gasteiger partial charge >= 0.3 is 0 Å². The van der Waals surface area contributed by atoms with Crippen molar-refractivity contribution in [3.05, 3.63) is 23.9 Å². The first kappa shape index (κ1) is 21.0. The normalized spacial score (nSPS) is 15.8. The molecule has 0 unspecified atom stereocenters. The first-order valence-corrected chi connectivity index (χ1v) is 8.95. The Morgan fingerprint density at radius 1 is 1.25 bits per heavy atom. The number of guanidine groups is 1. The summed E-state index contributed by atoms with van der Waals surface area (Å²) in [5.41, 5.74) is 1.15. The summed E-state index contributed by atoms with van der Waals surface area (Å²) in [4.78, 5) is 11.6. The summed E-state index contributed by atoms with van der Waals surface area (Å²) in [6.07, 6.45) is 5.58. The summed E-state index contributed by atoms with van der Waals surface area (Å²) < 4.78 is 0. The summed E-state index contributed by atoms with van der Waals surface area (Å²) in [7, 11) is 0. The number of halogens is 1. The van der Waals surface area contributed by atoms with Crippen molar-refractivity contribution in [2.75, 3.05) is 31.1 Å². The van der Waals surface area contributed by atoms with Crippen LogP contribution in [0.1, 0.15) is 45.6 Å².